The highest BCUT2D eigenvalue weighted by molar-refractivity contribution is 5.77. The molecule has 0 radical (unpaired) electrons. The molecule has 112 valence electrons. The molecule has 0 atom stereocenters. The molecule has 0 saturated heterocycles. The van der Waals surface area contributed by atoms with E-state index in [-0.39, 0.29) is 6.61 Å². The highest BCUT2D eigenvalue weighted by Gasteiger charge is 2.32. The average molecular weight is 282 g/mol. The molecule has 0 heterocycles. The molecule has 19 heavy (non-hydrogen) atoms. The molecule has 4 nitrogen and oxygen atoms in total. The summed E-state index contributed by atoms with van der Waals surface area (Å²) in [5.74, 6) is -0.755. The SMILES string of the molecule is NCC1(OCC(=O)NCC(F)(F)F)CCCCCC1. The Hall–Kier alpha value is -0.820. The van der Waals surface area contributed by atoms with E-state index in [1.165, 1.54) is 0 Å². The predicted octanol–water partition coefficient (Wildman–Crippen LogP) is 1.73. The molecular formula is C12H21F3N2O2. The quantitative estimate of drug-likeness (QED) is 0.755. The van der Waals surface area contributed by atoms with Gasteiger partial charge in [0, 0.05) is 6.54 Å². The van der Waals surface area contributed by atoms with Crippen LogP contribution in [-0.2, 0) is 9.53 Å². The average Bonchev–Trinajstić information content (AvgIpc) is 2.59. The van der Waals surface area contributed by atoms with Crippen LogP contribution in [0.3, 0.4) is 0 Å². The molecule has 7 heteroatoms. The summed E-state index contributed by atoms with van der Waals surface area (Å²) in [5.41, 5.74) is 5.15. The Kier molecular flexibility index (Phi) is 6.06. The van der Waals surface area contributed by atoms with Crippen molar-refractivity contribution >= 4 is 5.91 Å². The van der Waals surface area contributed by atoms with Gasteiger partial charge in [-0.25, -0.2) is 0 Å². The van der Waals surface area contributed by atoms with Crippen LogP contribution >= 0.6 is 0 Å². The van der Waals surface area contributed by atoms with Crippen molar-refractivity contribution in [1.29, 1.82) is 0 Å². The van der Waals surface area contributed by atoms with Crippen LogP contribution in [0, 0.1) is 0 Å². The second-order valence-electron chi connectivity index (χ2n) is 4.98. The van der Waals surface area contributed by atoms with Gasteiger partial charge in [-0.2, -0.15) is 13.2 Å². The zero-order valence-corrected chi connectivity index (χ0v) is 10.9. The zero-order chi connectivity index (χ0) is 14.4. The Morgan fingerprint density at radius 3 is 2.26 bits per heavy atom. The van der Waals surface area contributed by atoms with Crippen molar-refractivity contribution in [2.75, 3.05) is 19.7 Å². The van der Waals surface area contributed by atoms with Gasteiger partial charge >= 0.3 is 6.18 Å². The maximum Gasteiger partial charge on any atom is 0.405 e. The van der Waals surface area contributed by atoms with E-state index in [4.69, 9.17) is 10.5 Å². The highest BCUT2D eigenvalue weighted by Crippen LogP contribution is 2.29. The van der Waals surface area contributed by atoms with Crippen LogP contribution in [0.25, 0.3) is 0 Å². The smallest absolute Gasteiger partial charge is 0.364 e. The van der Waals surface area contributed by atoms with Crippen molar-refractivity contribution in [3.05, 3.63) is 0 Å². The molecule has 0 unspecified atom stereocenters. The number of ether oxygens (including phenoxy) is 1. The predicted molar refractivity (Wildman–Crippen MR) is 64.5 cm³/mol. The first-order valence-corrected chi connectivity index (χ1v) is 6.54. The number of hydrogen-bond acceptors (Lipinski definition) is 3. The molecule has 0 spiro atoms. The highest BCUT2D eigenvalue weighted by atomic mass is 19.4. The van der Waals surface area contributed by atoms with Crippen LogP contribution in [-0.4, -0.2) is 37.4 Å². The summed E-state index contributed by atoms with van der Waals surface area (Å²) in [7, 11) is 0. The number of halogens is 3. The number of hydrogen-bond donors (Lipinski definition) is 2. The van der Waals surface area contributed by atoms with E-state index in [0.717, 1.165) is 38.5 Å². The minimum atomic E-state index is -4.40. The molecule has 1 aliphatic carbocycles. The second kappa shape index (κ2) is 7.09. The topological polar surface area (TPSA) is 64.3 Å². The van der Waals surface area contributed by atoms with E-state index in [1.807, 2.05) is 0 Å². The minimum absolute atomic E-state index is 0.291. The van der Waals surface area contributed by atoms with Gasteiger partial charge in [0.25, 0.3) is 0 Å². The Morgan fingerprint density at radius 1 is 1.21 bits per heavy atom. The molecule has 3 N–H and O–H groups in total. The van der Waals surface area contributed by atoms with Gasteiger partial charge in [0.05, 0.1) is 5.60 Å². The van der Waals surface area contributed by atoms with Gasteiger partial charge in [0.2, 0.25) is 5.91 Å². The lowest BCUT2D eigenvalue weighted by atomic mass is 9.94. The lowest BCUT2D eigenvalue weighted by Crippen LogP contribution is -2.44. The summed E-state index contributed by atoms with van der Waals surface area (Å²) in [6.07, 6.45) is 1.27. The Bertz CT molecular complexity index is 287. The van der Waals surface area contributed by atoms with Crippen LogP contribution in [0.15, 0.2) is 0 Å². The summed E-state index contributed by atoms with van der Waals surface area (Å²) in [6, 6.07) is 0. The maximum atomic E-state index is 11.9. The number of carbonyl (C=O) groups is 1. The van der Waals surface area contributed by atoms with Gasteiger partial charge in [-0.05, 0) is 12.8 Å². The van der Waals surface area contributed by atoms with E-state index in [0.29, 0.717) is 6.54 Å². The number of nitrogens with two attached hydrogens (primary N) is 1. The van der Waals surface area contributed by atoms with E-state index in [9.17, 15) is 18.0 Å². The number of amides is 1. The van der Waals surface area contributed by atoms with E-state index in [2.05, 4.69) is 0 Å². The zero-order valence-electron chi connectivity index (χ0n) is 10.9. The molecule has 0 aromatic heterocycles. The molecular weight excluding hydrogens is 261 g/mol. The second-order valence-corrected chi connectivity index (χ2v) is 4.98. The Labute approximate surface area is 110 Å². The number of rotatable bonds is 5. The normalized spacial score (nSPS) is 19.8. The number of carbonyl (C=O) groups excluding carboxylic acids is 1. The summed E-state index contributed by atoms with van der Waals surface area (Å²) in [6.45, 7) is -1.41. The van der Waals surface area contributed by atoms with Gasteiger partial charge in [-0.1, -0.05) is 25.7 Å². The lowest BCUT2D eigenvalue weighted by molar-refractivity contribution is -0.145. The van der Waals surface area contributed by atoms with Crippen molar-refractivity contribution in [1.82, 2.24) is 5.32 Å². The van der Waals surface area contributed by atoms with Gasteiger partial charge in [0.1, 0.15) is 13.2 Å². The minimum Gasteiger partial charge on any atom is -0.364 e. The third kappa shape index (κ3) is 6.24. The Balaban J connectivity index is 2.37. The molecule has 1 amide bonds. The molecule has 1 rings (SSSR count). The van der Waals surface area contributed by atoms with Crippen LogP contribution < -0.4 is 11.1 Å². The van der Waals surface area contributed by atoms with Crippen molar-refractivity contribution in [2.24, 2.45) is 5.73 Å². The molecule has 0 aliphatic heterocycles. The van der Waals surface area contributed by atoms with Crippen LogP contribution in [0.2, 0.25) is 0 Å². The molecule has 0 aromatic rings. The lowest BCUT2D eigenvalue weighted by Gasteiger charge is -2.31. The van der Waals surface area contributed by atoms with Crippen LogP contribution in [0.5, 0.6) is 0 Å². The largest absolute Gasteiger partial charge is 0.405 e. The molecule has 1 saturated carbocycles. The van der Waals surface area contributed by atoms with Crippen molar-refractivity contribution < 1.29 is 22.7 Å². The van der Waals surface area contributed by atoms with Gasteiger partial charge < -0.3 is 15.8 Å². The fraction of sp³-hybridized carbons (Fsp3) is 0.917. The van der Waals surface area contributed by atoms with Gasteiger partial charge in [0.15, 0.2) is 0 Å². The number of nitrogens with one attached hydrogen (secondary N) is 1. The fourth-order valence-electron chi connectivity index (χ4n) is 2.25. The van der Waals surface area contributed by atoms with Crippen molar-refractivity contribution in [3.63, 3.8) is 0 Å². The molecule has 0 bridgehead atoms. The number of alkyl halides is 3. The van der Waals surface area contributed by atoms with Crippen molar-refractivity contribution in [2.45, 2.75) is 50.3 Å². The monoisotopic (exact) mass is 282 g/mol. The third-order valence-electron chi connectivity index (χ3n) is 3.38. The first-order chi connectivity index (χ1) is 8.87. The summed E-state index contributed by atoms with van der Waals surface area (Å²) in [4.78, 5) is 11.3. The summed E-state index contributed by atoms with van der Waals surface area (Å²) in [5, 5.41) is 1.79. The van der Waals surface area contributed by atoms with E-state index >= 15 is 0 Å². The third-order valence-corrected chi connectivity index (χ3v) is 3.38. The van der Waals surface area contributed by atoms with Crippen LogP contribution in [0.1, 0.15) is 38.5 Å². The standard InChI is InChI=1S/C12H21F3N2O2/c13-12(14,15)9-17-10(18)7-19-11(8-16)5-3-1-2-4-6-11/h1-9,16H2,(H,17,18). The first-order valence-electron chi connectivity index (χ1n) is 6.54. The van der Waals surface area contributed by atoms with E-state index < -0.39 is 24.2 Å². The molecule has 1 aliphatic rings. The fourth-order valence-corrected chi connectivity index (χ4v) is 2.25. The van der Waals surface area contributed by atoms with Crippen LogP contribution in [0.4, 0.5) is 13.2 Å². The first kappa shape index (κ1) is 16.2. The van der Waals surface area contributed by atoms with Gasteiger partial charge in [-0.3, -0.25) is 4.79 Å². The van der Waals surface area contributed by atoms with Crippen molar-refractivity contribution in [3.8, 4) is 0 Å². The molecule has 0 aromatic carbocycles. The molecule has 1 fully saturated rings. The summed E-state index contributed by atoms with van der Waals surface area (Å²) < 4.78 is 41.3. The Morgan fingerprint density at radius 2 is 1.79 bits per heavy atom. The van der Waals surface area contributed by atoms with Gasteiger partial charge in [-0.15, -0.1) is 0 Å². The maximum absolute atomic E-state index is 11.9. The van der Waals surface area contributed by atoms with E-state index in [1.54, 1.807) is 5.32 Å². The summed E-state index contributed by atoms with van der Waals surface area (Å²) >= 11 is 0.